The molecule has 1 fully saturated rings. The summed E-state index contributed by atoms with van der Waals surface area (Å²) in [6, 6.07) is 0. The summed E-state index contributed by atoms with van der Waals surface area (Å²) in [5.41, 5.74) is 0.920. The minimum atomic E-state index is 0.242. The Hall–Kier alpha value is -0.770. The van der Waals surface area contributed by atoms with Gasteiger partial charge < -0.3 is 0 Å². The first kappa shape index (κ1) is 11.7. The third-order valence-corrected chi connectivity index (χ3v) is 4.02. The quantitative estimate of drug-likeness (QED) is 0.756. The van der Waals surface area contributed by atoms with Crippen LogP contribution in [0.25, 0.3) is 0 Å². The molecule has 1 saturated carbocycles. The monoisotopic (exact) mass is 238 g/mol. The Morgan fingerprint density at radius 3 is 2.81 bits per heavy atom. The molecule has 1 aliphatic rings. The number of nitrogens with zero attached hydrogens (tertiary/aromatic N) is 2. The third-order valence-electron chi connectivity index (χ3n) is 3.24. The van der Waals surface area contributed by atoms with Gasteiger partial charge in [-0.15, -0.1) is 5.10 Å². The van der Waals surface area contributed by atoms with E-state index in [0.29, 0.717) is 5.78 Å². The first-order valence-electron chi connectivity index (χ1n) is 6.18. The Balaban J connectivity index is 2.09. The third kappa shape index (κ3) is 2.48. The van der Waals surface area contributed by atoms with Crippen LogP contribution in [0.3, 0.4) is 0 Å². The van der Waals surface area contributed by atoms with E-state index >= 15 is 0 Å². The van der Waals surface area contributed by atoms with Gasteiger partial charge in [-0.2, -0.15) is 0 Å². The van der Waals surface area contributed by atoms with Crippen LogP contribution in [0.1, 0.15) is 60.8 Å². The molecular weight excluding hydrogens is 220 g/mol. The van der Waals surface area contributed by atoms with Gasteiger partial charge in [-0.1, -0.05) is 37.1 Å². The second-order valence-corrected chi connectivity index (χ2v) is 5.25. The first-order chi connectivity index (χ1) is 7.83. The number of hydrogen-bond donors (Lipinski definition) is 0. The van der Waals surface area contributed by atoms with Crippen LogP contribution < -0.4 is 0 Å². The number of carbonyl (C=O) groups is 1. The molecule has 0 N–H and O–H groups in total. The molecule has 0 amide bonds. The Labute approximate surface area is 100 Å². The van der Waals surface area contributed by atoms with E-state index in [1.54, 1.807) is 0 Å². The summed E-state index contributed by atoms with van der Waals surface area (Å²) in [5, 5.41) is 4.07. The van der Waals surface area contributed by atoms with E-state index < -0.39 is 0 Å². The van der Waals surface area contributed by atoms with Crippen LogP contribution in [0.15, 0.2) is 0 Å². The van der Waals surface area contributed by atoms with Gasteiger partial charge in [0, 0.05) is 5.92 Å². The summed E-state index contributed by atoms with van der Waals surface area (Å²) in [6.07, 6.45) is 7.70. The van der Waals surface area contributed by atoms with E-state index in [4.69, 9.17) is 0 Å². The maximum atomic E-state index is 12.3. The van der Waals surface area contributed by atoms with Gasteiger partial charge in [-0.3, -0.25) is 4.79 Å². The highest BCUT2D eigenvalue weighted by molar-refractivity contribution is 7.08. The van der Waals surface area contributed by atoms with E-state index in [1.165, 1.54) is 30.8 Å². The lowest BCUT2D eigenvalue weighted by Gasteiger charge is -2.19. The molecule has 1 aliphatic carbocycles. The first-order valence-corrected chi connectivity index (χ1v) is 6.95. The van der Waals surface area contributed by atoms with Gasteiger partial charge in [0.25, 0.3) is 0 Å². The zero-order valence-electron chi connectivity index (χ0n) is 9.74. The molecule has 1 aromatic rings. The number of carbonyl (C=O) groups excluding carboxylic acids is 1. The van der Waals surface area contributed by atoms with Crippen molar-refractivity contribution < 1.29 is 4.79 Å². The van der Waals surface area contributed by atoms with Gasteiger partial charge in [0.15, 0.2) is 5.78 Å². The number of aromatic nitrogens is 2. The molecule has 1 aromatic heterocycles. The van der Waals surface area contributed by atoms with Crippen molar-refractivity contribution >= 4 is 17.3 Å². The van der Waals surface area contributed by atoms with Gasteiger partial charge in [0.2, 0.25) is 0 Å². The standard InChI is InChI=1S/C12H18N2OS/c1-2-6-10-12(16-14-13-10)11(15)9-7-4-3-5-8-9/h9H,2-8H2,1H3. The topological polar surface area (TPSA) is 42.9 Å². The van der Waals surface area contributed by atoms with Crippen molar-refractivity contribution in [1.82, 2.24) is 9.59 Å². The molecule has 0 bridgehead atoms. The van der Waals surface area contributed by atoms with Crippen molar-refractivity contribution in [2.75, 3.05) is 0 Å². The Bertz CT molecular complexity index is 356. The van der Waals surface area contributed by atoms with E-state index in [9.17, 15) is 4.79 Å². The molecule has 0 aromatic carbocycles. The molecule has 3 nitrogen and oxygen atoms in total. The Morgan fingerprint density at radius 2 is 2.12 bits per heavy atom. The highest BCUT2D eigenvalue weighted by atomic mass is 32.1. The van der Waals surface area contributed by atoms with Crippen molar-refractivity contribution in [3.05, 3.63) is 10.6 Å². The molecule has 88 valence electrons. The molecule has 0 aliphatic heterocycles. The number of hydrogen-bond acceptors (Lipinski definition) is 4. The summed E-state index contributed by atoms with van der Waals surface area (Å²) in [4.78, 5) is 13.1. The minimum Gasteiger partial charge on any atom is -0.293 e. The van der Waals surface area contributed by atoms with Crippen molar-refractivity contribution in [1.29, 1.82) is 0 Å². The summed E-state index contributed by atoms with van der Waals surface area (Å²) < 4.78 is 3.93. The summed E-state index contributed by atoms with van der Waals surface area (Å²) >= 11 is 1.28. The lowest BCUT2D eigenvalue weighted by atomic mass is 9.85. The predicted octanol–water partition coefficient (Wildman–Crippen LogP) is 3.25. The van der Waals surface area contributed by atoms with E-state index in [-0.39, 0.29) is 5.92 Å². The molecular formula is C12H18N2OS. The van der Waals surface area contributed by atoms with Gasteiger partial charge >= 0.3 is 0 Å². The second-order valence-electron chi connectivity index (χ2n) is 4.50. The molecule has 0 unspecified atom stereocenters. The normalized spacial score (nSPS) is 17.6. The summed E-state index contributed by atoms with van der Waals surface area (Å²) in [7, 11) is 0. The highest BCUT2D eigenvalue weighted by Gasteiger charge is 2.26. The number of aryl methyl sites for hydroxylation is 1. The maximum absolute atomic E-state index is 12.3. The fourth-order valence-corrected chi connectivity index (χ4v) is 3.07. The van der Waals surface area contributed by atoms with E-state index in [0.717, 1.165) is 36.3 Å². The smallest absolute Gasteiger partial charge is 0.179 e. The van der Waals surface area contributed by atoms with Crippen LogP contribution in [0.5, 0.6) is 0 Å². The molecule has 16 heavy (non-hydrogen) atoms. The molecule has 0 atom stereocenters. The van der Waals surface area contributed by atoms with Crippen LogP contribution in [-0.4, -0.2) is 15.4 Å². The van der Waals surface area contributed by atoms with Crippen LogP contribution in [0.4, 0.5) is 0 Å². The van der Waals surface area contributed by atoms with Crippen LogP contribution in [0.2, 0.25) is 0 Å². The number of ketones is 1. The van der Waals surface area contributed by atoms with Gasteiger partial charge in [-0.25, -0.2) is 0 Å². The molecule has 2 rings (SSSR count). The zero-order chi connectivity index (χ0) is 11.4. The molecule has 4 heteroatoms. The molecule has 0 saturated heterocycles. The van der Waals surface area contributed by atoms with Crippen molar-refractivity contribution in [2.24, 2.45) is 5.92 Å². The Kier molecular flexibility index (Phi) is 4.04. The Morgan fingerprint density at radius 1 is 1.38 bits per heavy atom. The van der Waals surface area contributed by atoms with E-state index in [2.05, 4.69) is 16.5 Å². The average Bonchev–Trinajstić information content (AvgIpc) is 2.78. The average molecular weight is 238 g/mol. The van der Waals surface area contributed by atoms with Crippen LogP contribution >= 0.6 is 11.5 Å². The lowest BCUT2D eigenvalue weighted by Crippen LogP contribution is -2.18. The number of Topliss-reactive ketones (excluding diaryl/α,β-unsaturated/α-hetero) is 1. The van der Waals surface area contributed by atoms with Crippen molar-refractivity contribution in [2.45, 2.75) is 51.9 Å². The number of rotatable bonds is 4. The van der Waals surface area contributed by atoms with Gasteiger partial charge in [-0.05, 0) is 30.8 Å². The minimum absolute atomic E-state index is 0.242. The largest absolute Gasteiger partial charge is 0.293 e. The molecule has 0 spiro atoms. The summed E-state index contributed by atoms with van der Waals surface area (Å²) in [6.45, 7) is 2.11. The van der Waals surface area contributed by atoms with Crippen LogP contribution in [0, 0.1) is 5.92 Å². The SMILES string of the molecule is CCCc1nnsc1C(=O)C1CCCCC1. The van der Waals surface area contributed by atoms with Gasteiger partial charge in [0.05, 0.1) is 5.69 Å². The predicted molar refractivity (Wildman–Crippen MR) is 64.8 cm³/mol. The maximum Gasteiger partial charge on any atom is 0.179 e. The van der Waals surface area contributed by atoms with Gasteiger partial charge in [0.1, 0.15) is 4.88 Å². The zero-order valence-corrected chi connectivity index (χ0v) is 10.6. The molecule has 1 heterocycles. The van der Waals surface area contributed by atoms with Crippen molar-refractivity contribution in [3.63, 3.8) is 0 Å². The van der Waals surface area contributed by atoms with Crippen LogP contribution in [-0.2, 0) is 6.42 Å². The fraction of sp³-hybridized carbons (Fsp3) is 0.750. The van der Waals surface area contributed by atoms with E-state index in [1.807, 2.05) is 0 Å². The van der Waals surface area contributed by atoms with Crippen molar-refractivity contribution in [3.8, 4) is 0 Å². The second kappa shape index (κ2) is 5.53. The highest BCUT2D eigenvalue weighted by Crippen LogP contribution is 2.28. The summed E-state index contributed by atoms with van der Waals surface area (Å²) in [5.74, 6) is 0.546. The molecule has 0 radical (unpaired) electrons. The lowest BCUT2D eigenvalue weighted by molar-refractivity contribution is 0.0892. The fourth-order valence-electron chi connectivity index (χ4n) is 2.35.